The number of alkyl halides is 1. The first-order chi connectivity index (χ1) is 8.22. The fourth-order valence-electron chi connectivity index (χ4n) is 2.48. The van der Waals surface area contributed by atoms with Crippen LogP contribution in [-0.2, 0) is 0 Å². The summed E-state index contributed by atoms with van der Waals surface area (Å²) in [6, 6.07) is 7.31. The van der Waals surface area contributed by atoms with Gasteiger partial charge < -0.3 is 10.4 Å². The molecule has 2 nitrogen and oxygen atoms in total. The van der Waals surface area contributed by atoms with E-state index >= 15 is 0 Å². The van der Waals surface area contributed by atoms with Crippen LogP contribution in [-0.4, -0.2) is 17.5 Å². The molecule has 0 bridgehead atoms. The van der Waals surface area contributed by atoms with E-state index in [2.05, 4.69) is 5.32 Å². The highest BCUT2D eigenvalue weighted by molar-refractivity contribution is 6.36. The molecule has 0 radical (unpaired) electrons. The summed E-state index contributed by atoms with van der Waals surface area (Å²) in [5, 5.41) is 15.6. The summed E-state index contributed by atoms with van der Waals surface area (Å²) < 4.78 is 0. The molecule has 4 heteroatoms. The van der Waals surface area contributed by atoms with Crippen LogP contribution in [0, 0.1) is 0 Å². The lowest BCUT2D eigenvalue weighted by Gasteiger charge is -2.12. The van der Waals surface area contributed by atoms with Crippen LogP contribution in [0.1, 0.15) is 11.5 Å². The van der Waals surface area contributed by atoms with Crippen molar-refractivity contribution in [2.24, 2.45) is 0 Å². The lowest BCUT2D eigenvalue weighted by molar-refractivity contribution is 0.482. The molecule has 88 valence electrons. The molecule has 1 aliphatic heterocycles. The lowest BCUT2D eigenvalue weighted by Crippen LogP contribution is -2.03. The third-order valence-electron chi connectivity index (χ3n) is 3.26. The standard InChI is InChI=1S/C13H11Cl2NO/c14-5-7-6-16-10-4-11(17)8-2-1-3-9(15)13(8)12(7)10/h1-4,7,16-17H,5-6H2. The molecular weight excluding hydrogens is 257 g/mol. The van der Waals surface area contributed by atoms with Crippen LogP contribution >= 0.6 is 23.2 Å². The Balaban J connectivity index is 2.43. The third kappa shape index (κ3) is 1.55. The summed E-state index contributed by atoms with van der Waals surface area (Å²) in [6.45, 7) is 0.794. The van der Waals surface area contributed by atoms with Gasteiger partial charge in [-0.15, -0.1) is 11.6 Å². The van der Waals surface area contributed by atoms with E-state index in [1.54, 1.807) is 6.07 Å². The quantitative estimate of drug-likeness (QED) is 0.767. The highest BCUT2D eigenvalue weighted by Gasteiger charge is 2.26. The van der Waals surface area contributed by atoms with Gasteiger partial charge in [-0.05, 0) is 11.6 Å². The number of anilines is 1. The summed E-state index contributed by atoms with van der Waals surface area (Å²) in [4.78, 5) is 0. The van der Waals surface area contributed by atoms with Gasteiger partial charge in [0.05, 0.1) is 0 Å². The zero-order valence-electron chi connectivity index (χ0n) is 9.00. The fraction of sp³-hybridized carbons (Fsp3) is 0.231. The second-order valence-corrected chi connectivity index (χ2v) is 4.97. The summed E-state index contributed by atoms with van der Waals surface area (Å²) in [6.07, 6.45) is 0. The highest BCUT2D eigenvalue weighted by atomic mass is 35.5. The van der Waals surface area contributed by atoms with E-state index < -0.39 is 0 Å². The Morgan fingerprint density at radius 1 is 1.41 bits per heavy atom. The van der Waals surface area contributed by atoms with E-state index in [1.807, 2.05) is 18.2 Å². The fourth-order valence-corrected chi connectivity index (χ4v) is 3.02. The summed E-state index contributed by atoms with van der Waals surface area (Å²) in [7, 11) is 0. The molecule has 3 rings (SSSR count). The SMILES string of the molecule is Oc1cc2c(c3c(Cl)cccc13)C(CCl)CN2. The molecule has 17 heavy (non-hydrogen) atoms. The maximum atomic E-state index is 9.99. The normalized spacial score (nSPS) is 18.1. The predicted molar refractivity (Wildman–Crippen MR) is 72.6 cm³/mol. The monoisotopic (exact) mass is 267 g/mol. The molecular formula is C13H11Cl2NO. The lowest BCUT2D eigenvalue weighted by atomic mass is 9.95. The van der Waals surface area contributed by atoms with Gasteiger partial charge in [0, 0.05) is 45.9 Å². The Kier molecular flexibility index (Phi) is 2.57. The maximum absolute atomic E-state index is 9.99. The first kappa shape index (κ1) is 11.0. The molecule has 0 saturated carbocycles. The summed E-state index contributed by atoms with van der Waals surface area (Å²) in [5.74, 6) is 1.05. The Bertz CT molecular complexity index is 597. The van der Waals surface area contributed by atoms with Crippen LogP contribution in [0.3, 0.4) is 0 Å². The van der Waals surface area contributed by atoms with Gasteiger partial charge in [0.15, 0.2) is 0 Å². The zero-order valence-corrected chi connectivity index (χ0v) is 10.5. The minimum atomic E-state index is 0.245. The van der Waals surface area contributed by atoms with E-state index in [-0.39, 0.29) is 11.7 Å². The average molecular weight is 268 g/mol. The number of phenolic OH excluding ortho intramolecular Hbond substituents is 1. The molecule has 2 N–H and O–H groups in total. The summed E-state index contributed by atoms with van der Waals surface area (Å²) >= 11 is 12.2. The van der Waals surface area contributed by atoms with E-state index in [9.17, 15) is 5.11 Å². The number of aromatic hydroxyl groups is 1. The molecule has 1 aliphatic rings. The van der Waals surface area contributed by atoms with Gasteiger partial charge in [0.25, 0.3) is 0 Å². The molecule has 1 heterocycles. The van der Waals surface area contributed by atoms with Gasteiger partial charge in [-0.25, -0.2) is 0 Å². The molecule has 0 aliphatic carbocycles. The molecule has 0 amide bonds. The van der Waals surface area contributed by atoms with Crippen LogP contribution in [0.2, 0.25) is 5.02 Å². The number of rotatable bonds is 1. The molecule has 0 spiro atoms. The Morgan fingerprint density at radius 3 is 3.00 bits per heavy atom. The number of halogens is 2. The van der Waals surface area contributed by atoms with Crippen molar-refractivity contribution < 1.29 is 5.11 Å². The highest BCUT2D eigenvalue weighted by Crippen LogP contribution is 2.44. The third-order valence-corrected chi connectivity index (χ3v) is 3.95. The van der Waals surface area contributed by atoms with Gasteiger partial charge in [-0.1, -0.05) is 23.7 Å². The van der Waals surface area contributed by atoms with E-state index in [4.69, 9.17) is 23.2 Å². The molecule has 2 aromatic rings. The average Bonchev–Trinajstić information content (AvgIpc) is 2.72. The topological polar surface area (TPSA) is 32.3 Å². The Labute approximate surface area is 109 Å². The van der Waals surface area contributed by atoms with E-state index in [0.29, 0.717) is 10.9 Å². The number of benzene rings is 2. The number of hydrogen-bond acceptors (Lipinski definition) is 2. The van der Waals surface area contributed by atoms with Crippen molar-refractivity contribution in [2.45, 2.75) is 5.92 Å². The molecule has 1 atom stereocenters. The number of fused-ring (bicyclic) bond motifs is 3. The second kappa shape index (κ2) is 3.97. The Morgan fingerprint density at radius 2 is 2.24 bits per heavy atom. The summed E-state index contributed by atoms with van der Waals surface area (Å²) in [5.41, 5.74) is 2.06. The largest absolute Gasteiger partial charge is 0.507 e. The van der Waals surface area contributed by atoms with Crippen molar-refractivity contribution >= 4 is 39.7 Å². The van der Waals surface area contributed by atoms with E-state index in [1.165, 1.54) is 0 Å². The van der Waals surface area contributed by atoms with Crippen molar-refractivity contribution in [1.82, 2.24) is 0 Å². The molecule has 1 unspecified atom stereocenters. The first-order valence-electron chi connectivity index (χ1n) is 5.46. The van der Waals surface area contributed by atoms with Crippen LogP contribution in [0.25, 0.3) is 10.8 Å². The van der Waals surface area contributed by atoms with Gasteiger partial charge in [-0.3, -0.25) is 0 Å². The number of phenols is 1. The van der Waals surface area contributed by atoms with Crippen molar-refractivity contribution in [3.05, 3.63) is 34.9 Å². The van der Waals surface area contributed by atoms with Gasteiger partial charge in [0.2, 0.25) is 0 Å². The van der Waals surface area contributed by atoms with Gasteiger partial charge in [0.1, 0.15) is 5.75 Å². The molecule has 0 fully saturated rings. The van der Waals surface area contributed by atoms with Crippen molar-refractivity contribution in [2.75, 3.05) is 17.7 Å². The van der Waals surface area contributed by atoms with Crippen molar-refractivity contribution in [3.8, 4) is 5.75 Å². The molecule has 0 aromatic heterocycles. The van der Waals surface area contributed by atoms with Crippen LogP contribution in [0.4, 0.5) is 5.69 Å². The van der Waals surface area contributed by atoms with Gasteiger partial charge in [-0.2, -0.15) is 0 Å². The second-order valence-electron chi connectivity index (χ2n) is 4.25. The Hall–Kier alpha value is -1.12. The van der Waals surface area contributed by atoms with Crippen molar-refractivity contribution in [3.63, 3.8) is 0 Å². The van der Waals surface area contributed by atoms with Crippen LogP contribution in [0.15, 0.2) is 24.3 Å². The smallest absolute Gasteiger partial charge is 0.125 e. The van der Waals surface area contributed by atoms with E-state index in [0.717, 1.165) is 28.6 Å². The van der Waals surface area contributed by atoms with Crippen LogP contribution < -0.4 is 5.32 Å². The van der Waals surface area contributed by atoms with Gasteiger partial charge >= 0.3 is 0 Å². The maximum Gasteiger partial charge on any atom is 0.125 e. The molecule has 2 aromatic carbocycles. The van der Waals surface area contributed by atoms with Crippen LogP contribution in [0.5, 0.6) is 5.75 Å². The first-order valence-corrected chi connectivity index (χ1v) is 6.37. The van der Waals surface area contributed by atoms with Crippen molar-refractivity contribution in [1.29, 1.82) is 0 Å². The molecule has 0 saturated heterocycles. The minimum absolute atomic E-state index is 0.245. The number of nitrogens with one attached hydrogen (secondary N) is 1. The minimum Gasteiger partial charge on any atom is -0.507 e. The zero-order chi connectivity index (χ0) is 12.0. The number of hydrogen-bond donors (Lipinski definition) is 2. The predicted octanol–water partition coefficient (Wildman–Crippen LogP) is 3.95.